The van der Waals surface area contributed by atoms with Crippen LogP contribution in [0, 0.1) is 11.6 Å². The van der Waals surface area contributed by atoms with Crippen LogP contribution in [0.2, 0.25) is 0 Å². The van der Waals surface area contributed by atoms with Crippen molar-refractivity contribution in [3.8, 4) is 5.75 Å². The maximum atomic E-state index is 13.8. The minimum absolute atomic E-state index is 0.181. The molecule has 0 heterocycles. The van der Waals surface area contributed by atoms with Crippen LogP contribution in [0.3, 0.4) is 0 Å². The highest BCUT2D eigenvalue weighted by atomic mass is 19.1. The molecule has 0 aliphatic rings. The molecule has 0 aromatic heterocycles. The van der Waals surface area contributed by atoms with Gasteiger partial charge in [-0.1, -0.05) is 0 Å². The van der Waals surface area contributed by atoms with Crippen molar-refractivity contribution >= 4 is 5.97 Å². The molecule has 0 spiro atoms. The molecule has 1 unspecified atom stereocenters. The predicted octanol–water partition coefficient (Wildman–Crippen LogP) is 2.70. The van der Waals surface area contributed by atoms with E-state index in [9.17, 15) is 13.6 Å². The third kappa shape index (κ3) is 4.77. The molecule has 112 valence electrons. The third-order valence-corrected chi connectivity index (χ3v) is 2.52. The molecule has 0 radical (unpaired) electrons. The van der Waals surface area contributed by atoms with E-state index in [-0.39, 0.29) is 5.54 Å². The fourth-order valence-electron chi connectivity index (χ4n) is 1.42. The van der Waals surface area contributed by atoms with E-state index in [0.717, 1.165) is 12.1 Å². The number of carboxylic acids is 1. The van der Waals surface area contributed by atoms with E-state index in [0.29, 0.717) is 12.1 Å². The van der Waals surface area contributed by atoms with Gasteiger partial charge in [-0.2, -0.15) is 0 Å². The summed E-state index contributed by atoms with van der Waals surface area (Å²) in [6.45, 7) is 7.31. The molecule has 6 heteroatoms. The van der Waals surface area contributed by atoms with Crippen LogP contribution in [0.1, 0.15) is 33.3 Å². The smallest absolute Gasteiger partial charge is 0.344 e. The summed E-state index contributed by atoms with van der Waals surface area (Å²) in [6.07, 6.45) is -1.32. The Kier molecular flexibility index (Phi) is 5.05. The number of hydrogen-bond donors (Lipinski definition) is 2. The Hall–Kier alpha value is -1.69. The lowest BCUT2D eigenvalue weighted by atomic mass is 10.1. The van der Waals surface area contributed by atoms with Crippen molar-refractivity contribution in [3.63, 3.8) is 0 Å². The average Bonchev–Trinajstić information content (AvgIpc) is 2.29. The summed E-state index contributed by atoms with van der Waals surface area (Å²) in [5.74, 6) is -3.78. The van der Waals surface area contributed by atoms with Gasteiger partial charge in [-0.25, -0.2) is 13.6 Å². The first kappa shape index (κ1) is 16.4. The van der Waals surface area contributed by atoms with Crippen molar-refractivity contribution in [2.24, 2.45) is 0 Å². The van der Waals surface area contributed by atoms with E-state index in [1.807, 2.05) is 20.8 Å². The minimum atomic E-state index is -1.32. The summed E-state index contributed by atoms with van der Waals surface area (Å²) in [5.41, 5.74) is 0.241. The minimum Gasteiger partial charge on any atom is -0.479 e. The number of nitrogens with one attached hydrogen (secondary N) is 1. The van der Waals surface area contributed by atoms with Gasteiger partial charge in [0.2, 0.25) is 0 Å². The molecule has 0 aliphatic heterocycles. The molecule has 4 nitrogen and oxygen atoms in total. The lowest BCUT2D eigenvalue weighted by Gasteiger charge is -2.21. The Bertz CT molecular complexity index is 475. The van der Waals surface area contributed by atoms with E-state index in [1.54, 1.807) is 0 Å². The normalized spacial score (nSPS) is 13.1. The monoisotopic (exact) mass is 287 g/mol. The molecule has 0 saturated heterocycles. The molecule has 1 rings (SSSR count). The lowest BCUT2D eigenvalue weighted by Crippen LogP contribution is -2.35. The maximum Gasteiger partial charge on any atom is 0.344 e. The number of carbonyl (C=O) groups is 1. The van der Waals surface area contributed by atoms with E-state index >= 15 is 0 Å². The molecule has 0 bridgehead atoms. The van der Waals surface area contributed by atoms with Crippen LogP contribution >= 0.6 is 0 Å². The maximum absolute atomic E-state index is 13.8. The molecule has 2 N–H and O–H groups in total. The van der Waals surface area contributed by atoms with Gasteiger partial charge in [-0.15, -0.1) is 0 Å². The number of carboxylic acid groups (broad SMARTS) is 1. The Morgan fingerprint density at radius 3 is 2.25 bits per heavy atom. The van der Waals surface area contributed by atoms with Gasteiger partial charge in [0.1, 0.15) is 0 Å². The highest BCUT2D eigenvalue weighted by Crippen LogP contribution is 2.24. The molecule has 1 aromatic rings. The summed E-state index contributed by atoms with van der Waals surface area (Å²) in [5, 5.41) is 11.8. The van der Waals surface area contributed by atoms with Gasteiger partial charge in [0, 0.05) is 12.1 Å². The van der Waals surface area contributed by atoms with E-state index < -0.39 is 29.5 Å². The predicted molar refractivity (Wildman–Crippen MR) is 70.7 cm³/mol. The van der Waals surface area contributed by atoms with Gasteiger partial charge in [-0.3, -0.25) is 0 Å². The number of ether oxygens (including phenoxy) is 1. The van der Waals surface area contributed by atoms with Crippen molar-refractivity contribution < 1.29 is 23.4 Å². The SMILES string of the molecule is CC(Oc1c(F)cc(CNC(C)(C)C)cc1F)C(=O)O. The lowest BCUT2D eigenvalue weighted by molar-refractivity contribution is -0.144. The molecule has 0 fully saturated rings. The summed E-state index contributed by atoms with van der Waals surface area (Å²) in [6, 6.07) is 2.26. The Labute approximate surface area is 116 Å². The van der Waals surface area contributed by atoms with E-state index in [1.165, 1.54) is 6.92 Å². The number of rotatable bonds is 5. The Morgan fingerprint density at radius 1 is 1.35 bits per heavy atom. The first-order chi connectivity index (χ1) is 9.10. The van der Waals surface area contributed by atoms with Crippen LogP contribution in [0.4, 0.5) is 8.78 Å². The van der Waals surface area contributed by atoms with Gasteiger partial charge >= 0.3 is 5.97 Å². The van der Waals surface area contributed by atoms with Gasteiger partial charge in [0.05, 0.1) is 0 Å². The number of aliphatic carboxylic acids is 1. The molecule has 20 heavy (non-hydrogen) atoms. The number of hydrogen-bond acceptors (Lipinski definition) is 3. The van der Waals surface area contributed by atoms with Gasteiger partial charge < -0.3 is 15.2 Å². The van der Waals surface area contributed by atoms with Gasteiger partial charge in [-0.05, 0) is 45.4 Å². The molecular formula is C14H19F2NO3. The molecule has 0 saturated carbocycles. The zero-order chi connectivity index (χ0) is 15.5. The molecule has 1 atom stereocenters. The fraction of sp³-hybridized carbons (Fsp3) is 0.500. The molecular weight excluding hydrogens is 268 g/mol. The Balaban J connectivity index is 2.89. The summed E-state index contributed by atoms with van der Waals surface area (Å²) >= 11 is 0. The second kappa shape index (κ2) is 6.17. The third-order valence-electron chi connectivity index (χ3n) is 2.52. The largest absolute Gasteiger partial charge is 0.479 e. The molecule has 0 amide bonds. The Morgan fingerprint density at radius 2 is 1.85 bits per heavy atom. The van der Waals surface area contributed by atoms with E-state index in [4.69, 9.17) is 9.84 Å². The topological polar surface area (TPSA) is 58.6 Å². The zero-order valence-electron chi connectivity index (χ0n) is 12.0. The highest BCUT2D eigenvalue weighted by molar-refractivity contribution is 5.72. The highest BCUT2D eigenvalue weighted by Gasteiger charge is 2.20. The second-order valence-electron chi connectivity index (χ2n) is 5.59. The standard InChI is InChI=1S/C14H19F2NO3/c1-8(13(18)19)20-12-10(15)5-9(6-11(12)16)7-17-14(2,3)4/h5-6,8,17H,7H2,1-4H3,(H,18,19). The summed E-state index contributed by atoms with van der Waals surface area (Å²) in [4.78, 5) is 10.6. The summed E-state index contributed by atoms with van der Waals surface area (Å²) < 4.78 is 32.3. The van der Waals surface area contributed by atoms with Crippen molar-refractivity contribution in [3.05, 3.63) is 29.3 Å². The number of benzene rings is 1. The zero-order valence-corrected chi connectivity index (χ0v) is 12.0. The van der Waals surface area contributed by atoms with Crippen molar-refractivity contribution in [2.45, 2.75) is 45.9 Å². The average molecular weight is 287 g/mol. The fourth-order valence-corrected chi connectivity index (χ4v) is 1.42. The van der Waals surface area contributed by atoms with Crippen molar-refractivity contribution in [2.75, 3.05) is 0 Å². The summed E-state index contributed by atoms with van der Waals surface area (Å²) in [7, 11) is 0. The van der Waals surface area contributed by atoms with Gasteiger partial charge in [0.15, 0.2) is 23.5 Å². The van der Waals surface area contributed by atoms with Crippen LogP contribution < -0.4 is 10.1 Å². The second-order valence-corrected chi connectivity index (χ2v) is 5.59. The van der Waals surface area contributed by atoms with Gasteiger partial charge in [0.25, 0.3) is 0 Å². The van der Waals surface area contributed by atoms with Crippen LogP contribution in [0.15, 0.2) is 12.1 Å². The van der Waals surface area contributed by atoms with Crippen LogP contribution in [0.5, 0.6) is 5.75 Å². The van der Waals surface area contributed by atoms with Crippen LogP contribution in [-0.4, -0.2) is 22.7 Å². The molecule has 0 aliphatic carbocycles. The first-order valence-electron chi connectivity index (χ1n) is 6.22. The van der Waals surface area contributed by atoms with Crippen LogP contribution in [0.25, 0.3) is 0 Å². The first-order valence-corrected chi connectivity index (χ1v) is 6.22. The molecule has 1 aromatic carbocycles. The quantitative estimate of drug-likeness (QED) is 0.874. The van der Waals surface area contributed by atoms with Crippen molar-refractivity contribution in [1.82, 2.24) is 5.32 Å². The van der Waals surface area contributed by atoms with Crippen LogP contribution in [-0.2, 0) is 11.3 Å². The van der Waals surface area contributed by atoms with Crippen molar-refractivity contribution in [1.29, 1.82) is 0 Å². The van der Waals surface area contributed by atoms with E-state index in [2.05, 4.69) is 5.32 Å². The number of halogens is 2.